The molecule has 2 aromatic rings. The van der Waals surface area contributed by atoms with Crippen molar-refractivity contribution in [2.75, 3.05) is 0 Å². The van der Waals surface area contributed by atoms with Gasteiger partial charge in [-0.3, -0.25) is 14.4 Å². The van der Waals surface area contributed by atoms with Gasteiger partial charge in [0.2, 0.25) is 5.91 Å². The summed E-state index contributed by atoms with van der Waals surface area (Å²) in [4.78, 5) is 34.8. The summed E-state index contributed by atoms with van der Waals surface area (Å²) < 4.78 is 51.8. The molecule has 0 saturated heterocycles. The van der Waals surface area contributed by atoms with E-state index in [0.29, 0.717) is 28.5 Å². The lowest BCUT2D eigenvalue weighted by Crippen LogP contribution is -2.35. The van der Waals surface area contributed by atoms with Crippen molar-refractivity contribution in [1.82, 2.24) is 9.88 Å². The monoisotopic (exact) mass is 386 g/mol. The maximum atomic E-state index is 13.0. The second kappa shape index (κ2) is 8.02. The number of benzene rings is 1. The third-order valence-electron chi connectivity index (χ3n) is 3.61. The Morgan fingerprint density at radius 2 is 1.74 bits per heavy atom. The van der Waals surface area contributed by atoms with Gasteiger partial charge in [-0.1, -0.05) is 12.1 Å². The lowest BCUT2D eigenvalue weighted by atomic mass is 10.0. The van der Waals surface area contributed by atoms with Crippen LogP contribution in [0, 0.1) is 5.82 Å². The van der Waals surface area contributed by atoms with E-state index < -0.39 is 54.0 Å². The fourth-order valence-corrected chi connectivity index (χ4v) is 2.34. The van der Waals surface area contributed by atoms with Gasteiger partial charge in [0.15, 0.2) is 0 Å². The van der Waals surface area contributed by atoms with Crippen molar-refractivity contribution in [2.24, 2.45) is 0 Å². The predicted octanol–water partition coefficient (Wildman–Crippen LogP) is 2.34. The highest BCUT2D eigenvalue weighted by Crippen LogP contribution is 2.28. The summed E-state index contributed by atoms with van der Waals surface area (Å²) in [5, 5.41) is 11.3. The van der Waals surface area contributed by atoms with Crippen LogP contribution in [0.15, 0.2) is 47.4 Å². The van der Waals surface area contributed by atoms with E-state index in [2.05, 4.69) is 5.32 Å². The SMILES string of the molecule is O=C(O)CC(NC(=O)Cn1cc(C(F)(F)F)ccc1=O)c1ccc(F)cc1. The fraction of sp³-hybridized carbons (Fsp3) is 0.235. The van der Waals surface area contributed by atoms with Crippen LogP contribution in [0.3, 0.4) is 0 Å². The van der Waals surface area contributed by atoms with Crippen LogP contribution in [0.4, 0.5) is 17.6 Å². The molecule has 2 rings (SSSR count). The number of carboxylic acids is 1. The molecule has 0 radical (unpaired) electrons. The normalized spacial score (nSPS) is 12.4. The van der Waals surface area contributed by atoms with Gasteiger partial charge < -0.3 is 15.0 Å². The van der Waals surface area contributed by atoms with Crippen molar-refractivity contribution in [3.8, 4) is 0 Å². The number of carboxylic acid groups (broad SMARTS) is 1. The van der Waals surface area contributed by atoms with Gasteiger partial charge in [0, 0.05) is 12.3 Å². The van der Waals surface area contributed by atoms with E-state index in [1.165, 1.54) is 12.1 Å². The van der Waals surface area contributed by atoms with Gasteiger partial charge in [-0.2, -0.15) is 13.2 Å². The highest BCUT2D eigenvalue weighted by atomic mass is 19.4. The lowest BCUT2D eigenvalue weighted by Gasteiger charge is -2.18. The maximum Gasteiger partial charge on any atom is 0.417 e. The Morgan fingerprint density at radius 1 is 1.11 bits per heavy atom. The molecule has 1 heterocycles. The first-order valence-electron chi connectivity index (χ1n) is 7.60. The minimum atomic E-state index is -4.69. The minimum Gasteiger partial charge on any atom is -0.481 e. The number of pyridine rings is 1. The van der Waals surface area contributed by atoms with Crippen LogP contribution >= 0.6 is 0 Å². The van der Waals surface area contributed by atoms with Gasteiger partial charge in [0.1, 0.15) is 12.4 Å². The first kappa shape index (κ1) is 20.1. The second-order valence-electron chi connectivity index (χ2n) is 5.65. The average molecular weight is 386 g/mol. The van der Waals surface area contributed by atoms with Gasteiger partial charge in [-0.15, -0.1) is 0 Å². The van der Waals surface area contributed by atoms with E-state index in [0.717, 1.165) is 12.1 Å². The summed E-state index contributed by atoms with van der Waals surface area (Å²) >= 11 is 0. The summed E-state index contributed by atoms with van der Waals surface area (Å²) in [5.74, 6) is -2.68. The number of carbonyl (C=O) groups excluding carboxylic acids is 1. The van der Waals surface area contributed by atoms with Crippen LogP contribution in [-0.2, 0) is 22.3 Å². The molecule has 1 amide bonds. The largest absolute Gasteiger partial charge is 0.481 e. The molecular weight excluding hydrogens is 372 g/mol. The zero-order valence-electron chi connectivity index (χ0n) is 13.7. The van der Waals surface area contributed by atoms with Crippen molar-refractivity contribution >= 4 is 11.9 Å². The summed E-state index contributed by atoms with van der Waals surface area (Å²) in [7, 11) is 0. The minimum absolute atomic E-state index is 0.295. The molecule has 0 fully saturated rings. The number of hydrogen-bond acceptors (Lipinski definition) is 3. The molecule has 10 heteroatoms. The zero-order chi connectivity index (χ0) is 20.2. The smallest absolute Gasteiger partial charge is 0.417 e. The van der Waals surface area contributed by atoms with E-state index in [9.17, 15) is 31.9 Å². The molecule has 0 spiro atoms. The van der Waals surface area contributed by atoms with Gasteiger partial charge in [-0.25, -0.2) is 4.39 Å². The van der Waals surface area contributed by atoms with Crippen LogP contribution in [-0.4, -0.2) is 21.6 Å². The molecule has 144 valence electrons. The summed E-state index contributed by atoms with van der Waals surface area (Å²) in [6.07, 6.45) is -4.72. The highest BCUT2D eigenvalue weighted by molar-refractivity contribution is 5.77. The molecule has 0 aliphatic carbocycles. The van der Waals surface area contributed by atoms with Crippen LogP contribution in [0.25, 0.3) is 0 Å². The number of aromatic nitrogens is 1. The molecular formula is C17H14F4N2O4. The first-order valence-corrected chi connectivity index (χ1v) is 7.60. The molecule has 6 nitrogen and oxygen atoms in total. The number of rotatable bonds is 6. The molecule has 0 bridgehead atoms. The van der Waals surface area contributed by atoms with Crippen molar-refractivity contribution in [1.29, 1.82) is 0 Å². The van der Waals surface area contributed by atoms with Crippen LogP contribution in [0.5, 0.6) is 0 Å². The molecule has 0 aliphatic rings. The zero-order valence-corrected chi connectivity index (χ0v) is 13.7. The molecule has 1 aromatic heterocycles. The standard InChI is InChI=1S/C17H14F4N2O4/c18-12-4-1-10(2-5-12)13(7-16(26)27)22-14(24)9-23-8-11(17(19,20)21)3-6-15(23)25/h1-6,8,13H,7,9H2,(H,22,24)(H,26,27). The Hall–Kier alpha value is -3.17. The van der Waals surface area contributed by atoms with Gasteiger partial charge >= 0.3 is 12.1 Å². The third-order valence-corrected chi connectivity index (χ3v) is 3.61. The number of amides is 1. The topological polar surface area (TPSA) is 88.4 Å². The van der Waals surface area contributed by atoms with E-state index in [-0.39, 0.29) is 0 Å². The Morgan fingerprint density at radius 3 is 2.30 bits per heavy atom. The summed E-state index contributed by atoms with van der Waals surface area (Å²) in [6.45, 7) is -0.736. The Kier molecular flexibility index (Phi) is 5.98. The van der Waals surface area contributed by atoms with Crippen molar-refractivity contribution in [3.05, 3.63) is 69.9 Å². The van der Waals surface area contributed by atoms with Crippen LogP contribution < -0.4 is 10.9 Å². The molecule has 1 unspecified atom stereocenters. The Balaban J connectivity index is 2.20. The third kappa shape index (κ3) is 5.66. The number of nitrogens with one attached hydrogen (secondary N) is 1. The highest BCUT2D eigenvalue weighted by Gasteiger charge is 2.31. The van der Waals surface area contributed by atoms with Crippen LogP contribution in [0.2, 0.25) is 0 Å². The number of nitrogens with zero attached hydrogens (tertiary/aromatic N) is 1. The quantitative estimate of drug-likeness (QED) is 0.746. The fourth-order valence-electron chi connectivity index (χ4n) is 2.34. The van der Waals surface area contributed by atoms with Crippen molar-refractivity contribution < 1.29 is 32.3 Å². The number of hydrogen-bond donors (Lipinski definition) is 2. The lowest BCUT2D eigenvalue weighted by molar-refractivity contribution is -0.139. The molecule has 0 saturated carbocycles. The Labute approximate surface area is 150 Å². The number of alkyl halides is 3. The van der Waals surface area contributed by atoms with E-state index >= 15 is 0 Å². The number of carbonyl (C=O) groups is 2. The van der Waals surface area contributed by atoms with Crippen molar-refractivity contribution in [3.63, 3.8) is 0 Å². The van der Waals surface area contributed by atoms with Gasteiger partial charge in [0.05, 0.1) is 18.0 Å². The van der Waals surface area contributed by atoms with E-state index in [4.69, 9.17) is 5.11 Å². The number of aliphatic carboxylic acids is 1. The molecule has 27 heavy (non-hydrogen) atoms. The van der Waals surface area contributed by atoms with Crippen molar-refractivity contribution in [2.45, 2.75) is 25.2 Å². The molecule has 1 aromatic carbocycles. The second-order valence-corrected chi connectivity index (χ2v) is 5.65. The average Bonchev–Trinajstić information content (AvgIpc) is 2.55. The Bertz CT molecular complexity index is 891. The van der Waals surface area contributed by atoms with E-state index in [1.54, 1.807) is 0 Å². The predicted molar refractivity (Wildman–Crippen MR) is 85.2 cm³/mol. The molecule has 0 aliphatic heterocycles. The van der Waals surface area contributed by atoms with Gasteiger partial charge in [-0.05, 0) is 23.8 Å². The van der Waals surface area contributed by atoms with Gasteiger partial charge in [0.25, 0.3) is 5.56 Å². The first-order chi connectivity index (χ1) is 12.6. The number of halogens is 4. The molecule has 1 atom stereocenters. The summed E-state index contributed by atoms with van der Waals surface area (Å²) in [6, 6.07) is 4.95. The van der Waals surface area contributed by atoms with E-state index in [1.807, 2.05) is 0 Å². The van der Waals surface area contributed by atoms with Crippen LogP contribution in [0.1, 0.15) is 23.6 Å². The summed E-state index contributed by atoms with van der Waals surface area (Å²) in [5.41, 5.74) is -1.63. The molecule has 2 N–H and O–H groups in total. The maximum absolute atomic E-state index is 13.0.